The van der Waals surface area contributed by atoms with Gasteiger partial charge in [0.1, 0.15) is 11.2 Å². The van der Waals surface area contributed by atoms with Crippen LogP contribution in [0.1, 0.15) is 48.8 Å². The number of ketones is 2. The molecule has 0 saturated carbocycles. The van der Waals surface area contributed by atoms with Gasteiger partial charge in [-0.15, -0.1) is 0 Å². The molecule has 0 bridgehead atoms. The first-order valence-corrected chi connectivity index (χ1v) is 10.2. The molecule has 2 aliphatic carbocycles. The standard InChI is InChI=1S/C23H18BrNO4/c1-11-8-12-9-15-16(24)10-23(18(15)19(28-2)17(12)22(25-11)29-3)20(26)13-6-4-5-7-14(13)21(23)27/h4-9,16H,10H2,1-3H3. The fourth-order valence-electron chi connectivity index (χ4n) is 4.88. The van der Waals surface area contributed by atoms with E-state index in [-0.39, 0.29) is 16.4 Å². The Balaban J connectivity index is 1.91. The van der Waals surface area contributed by atoms with Crippen LogP contribution < -0.4 is 9.47 Å². The molecule has 0 N–H and O–H groups in total. The van der Waals surface area contributed by atoms with E-state index < -0.39 is 5.41 Å². The van der Waals surface area contributed by atoms with Gasteiger partial charge in [-0.2, -0.15) is 0 Å². The molecule has 2 aliphatic rings. The van der Waals surface area contributed by atoms with Gasteiger partial charge in [0.05, 0.1) is 19.6 Å². The lowest BCUT2D eigenvalue weighted by molar-refractivity contribution is 0.0792. The SMILES string of the molecule is COc1nc(C)cc2cc3c(c(OC)c12)C1(CC3Br)C(=O)c2ccccc2C1=O. The van der Waals surface area contributed by atoms with Crippen LogP contribution in [0.4, 0.5) is 0 Å². The molecular formula is C23H18BrNO4. The summed E-state index contributed by atoms with van der Waals surface area (Å²) >= 11 is 3.72. The van der Waals surface area contributed by atoms with Crippen molar-refractivity contribution in [2.75, 3.05) is 14.2 Å². The zero-order valence-corrected chi connectivity index (χ0v) is 17.8. The Kier molecular flexibility index (Phi) is 3.87. The van der Waals surface area contributed by atoms with Gasteiger partial charge >= 0.3 is 0 Å². The fraction of sp³-hybridized carbons (Fsp3) is 0.261. The van der Waals surface area contributed by atoms with Crippen LogP contribution in [0.25, 0.3) is 10.8 Å². The Morgan fingerprint density at radius 2 is 1.72 bits per heavy atom. The Bertz CT molecular complexity index is 1200. The number of halogens is 1. The second-order valence-electron chi connectivity index (χ2n) is 7.53. The summed E-state index contributed by atoms with van der Waals surface area (Å²) in [5.74, 6) is 0.567. The lowest BCUT2D eigenvalue weighted by Gasteiger charge is -2.24. The van der Waals surface area contributed by atoms with Gasteiger partial charge < -0.3 is 9.47 Å². The Hall–Kier alpha value is -2.73. The average Bonchev–Trinajstić information content (AvgIpc) is 3.13. The number of Topliss-reactive ketones (excluding diaryl/α,β-unsaturated/α-hetero) is 2. The highest BCUT2D eigenvalue weighted by Crippen LogP contribution is 2.59. The molecule has 5 nitrogen and oxygen atoms in total. The van der Waals surface area contributed by atoms with Crippen molar-refractivity contribution in [1.82, 2.24) is 4.98 Å². The minimum absolute atomic E-state index is 0.141. The maximum absolute atomic E-state index is 13.6. The van der Waals surface area contributed by atoms with Gasteiger partial charge in [0.2, 0.25) is 5.88 Å². The van der Waals surface area contributed by atoms with Crippen molar-refractivity contribution in [3.63, 3.8) is 0 Å². The normalized spacial score (nSPS) is 19.0. The third-order valence-electron chi connectivity index (χ3n) is 6.04. The topological polar surface area (TPSA) is 65.5 Å². The zero-order valence-electron chi connectivity index (χ0n) is 16.2. The second-order valence-corrected chi connectivity index (χ2v) is 8.63. The van der Waals surface area contributed by atoms with Crippen molar-refractivity contribution >= 4 is 38.3 Å². The number of carbonyl (C=O) groups excluding carboxylic acids is 2. The molecule has 3 aromatic rings. The highest BCUT2D eigenvalue weighted by atomic mass is 79.9. The van der Waals surface area contributed by atoms with Crippen LogP contribution in [0.5, 0.6) is 11.6 Å². The summed E-state index contributed by atoms with van der Waals surface area (Å²) in [5, 5.41) is 1.58. The Morgan fingerprint density at radius 3 is 2.31 bits per heavy atom. The number of aryl methyl sites for hydroxylation is 1. The molecule has 0 saturated heterocycles. The van der Waals surface area contributed by atoms with Gasteiger partial charge in [0, 0.05) is 27.2 Å². The molecule has 1 spiro atoms. The van der Waals surface area contributed by atoms with Crippen molar-refractivity contribution < 1.29 is 19.1 Å². The first kappa shape index (κ1) is 18.3. The van der Waals surface area contributed by atoms with Crippen LogP contribution in [0.2, 0.25) is 0 Å². The van der Waals surface area contributed by atoms with E-state index in [2.05, 4.69) is 20.9 Å². The minimum atomic E-state index is -1.29. The van der Waals surface area contributed by atoms with Gasteiger partial charge in [0.25, 0.3) is 0 Å². The lowest BCUT2D eigenvalue weighted by Crippen LogP contribution is -2.36. The van der Waals surface area contributed by atoms with E-state index in [1.807, 2.05) is 19.1 Å². The molecule has 0 amide bonds. The van der Waals surface area contributed by atoms with Gasteiger partial charge in [0.15, 0.2) is 11.6 Å². The van der Waals surface area contributed by atoms with Crippen LogP contribution in [-0.2, 0) is 5.41 Å². The molecule has 1 unspecified atom stereocenters. The van der Waals surface area contributed by atoms with E-state index in [1.165, 1.54) is 0 Å². The maximum atomic E-state index is 13.6. The number of hydrogen-bond acceptors (Lipinski definition) is 5. The van der Waals surface area contributed by atoms with E-state index in [0.29, 0.717) is 40.1 Å². The number of carbonyl (C=O) groups is 2. The molecule has 0 fully saturated rings. The molecule has 1 heterocycles. The summed E-state index contributed by atoms with van der Waals surface area (Å²) in [7, 11) is 3.11. The van der Waals surface area contributed by atoms with Gasteiger partial charge in [-0.05, 0) is 36.4 Å². The number of nitrogens with zero attached hydrogens (tertiary/aromatic N) is 1. The summed E-state index contributed by atoms with van der Waals surface area (Å²) < 4.78 is 11.4. The van der Waals surface area contributed by atoms with Crippen molar-refractivity contribution in [3.05, 3.63) is 64.3 Å². The van der Waals surface area contributed by atoms with Crippen LogP contribution >= 0.6 is 15.9 Å². The third-order valence-corrected chi connectivity index (χ3v) is 6.85. The minimum Gasteiger partial charge on any atom is -0.496 e. The number of alkyl halides is 1. The molecular weight excluding hydrogens is 434 g/mol. The number of methoxy groups -OCH3 is 2. The molecule has 1 aromatic heterocycles. The summed E-state index contributed by atoms with van der Waals surface area (Å²) in [6, 6.07) is 11.0. The molecule has 146 valence electrons. The summed E-state index contributed by atoms with van der Waals surface area (Å²) in [6.45, 7) is 1.90. The largest absolute Gasteiger partial charge is 0.496 e. The van der Waals surface area contributed by atoms with Crippen molar-refractivity contribution in [3.8, 4) is 11.6 Å². The van der Waals surface area contributed by atoms with Gasteiger partial charge in [-0.1, -0.05) is 40.2 Å². The number of benzene rings is 2. The number of aromatic nitrogens is 1. The molecule has 2 aromatic carbocycles. The van der Waals surface area contributed by atoms with Gasteiger partial charge in [-0.3, -0.25) is 9.59 Å². The van der Waals surface area contributed by atoms with Gasteiger partial charge in [-0.25, -0.2) is 4.98 Å². The highest BCUT2D eigenvalue weighted by Gasteiger charge is 2.60. The first-order valence-electron chi connectivity index (χ1n) is 9.33. The summed E-state index contributed by atoms with van der Waals surface area (Å²) in [5.41, 5.74) is 2.00. The number of pyridine rings is 1. The number of fused-ring (bicyclic) bond motifs is 4. The quantitative estimate of drug-likeness (QED) is 0.416. The third kappa shape index (κ3) is 2.18. The van der Waals surface area contributed by atoms with E-state index in [4.69, 9.17) is 9.47 Å². The van der Waals surface area contributed by atoms with Crippen molar-refractivity contribution in [2.45, 2.75) is 23.6 Å². The van der Waals surface area contributed by atoms with Crippen LogP contribution in [0, 0.1) is 6.92 Å². The highest BCUT2D eigenvalue weighted by molar-refractivity contribution is 9.09. The smallest absolute Gasteiger partial charge is 0.225 e. The molecule has 0 aliphatic heterocycles. The molecule has 29 heavy (non-hydrogen) atoms. The average molecular weight is 452 g/mol. The number of ether oxygens (including phenoxy) is 2. The monoisotopic (exact) mass is 451 g/mol. The van der Waals surface area contributed by atoms with Crippen molar-refractivity contribution in [2.24, 2.45) is 0 Å². The van der Waals surface area contributed by atoms with Crippen molar-refractivity contribution in [1.29, 1.82) is 0 Å². The molecule has 1 atom stereocenters. The summed E-state index contributed by atoms with van der Waals surface area (Å²) in [6.07, 6.45) is 0.357. The van der Waals surface area contributed by atoms with E-state index in [0.717, 1.165) is 16.6 Å². The predicted molar refractivity (Wildman–Crippen MR) is 113 cm³/mol. The molecule has 6 heteroatoms. The maximum Gasteiger partial charge on any atom is 0.225 e. The fourth-order valence-corrected chi connectivity index (χ4v) is 5.73. The second kappa shape index (κ2) is 6.13. The van der Waals surface area contributed by atoms with E-state index in [9.17, 15) is 9.59 Å². The van der Waals surface area contributed by atoms with E-state index in [1.54, 1.807) is 38.5 Å². The van der Waals surface area contributed by atoms with E-state index >= 15 is 0 Å². The Morgan fingerprint density at radius 1 is 1.07 bits per heavy atom. The number of hydrogen-bond donors (Lipinski definition) is 0. The summed E-state index contributed by atoms with van der Waals surface area (Å²) in [4.78, 5) is 31.6. The van der Waals surface area contributed by atoms with Crippen LogP contribution in [0.15, 0.2) is 36.4 Å². The molecule has 0 radical (unpaired) electrons. The van der Waals surface area contributed by atoms with Crippen LogP contribution in [0.3, 0.4) is 0 Å². The zero-order chi connectivity index (χ0) is 20.5. The Labute approximate surface area is 176 Å². The molecule has 5 rings (SSSR count). The number of rotatable bonds is 2. The van der Waals surface area contributed by atoms with Crippen LogP contribution in [-0.4, -0.2) is 30.8 Å². The lowest BCUT2D eigenvalue weighted by atomic mass is 9.76. The first-order chi connectivity index (χ1) is 13.9. The predicted octanol–water partition coefficient (Wildman–Crippen LogP) is 4.72.